The lowest BCUT2D eigenvalue weighted by Crippen LogP contribution is -2.46. The molecule has 0 saturated carbocycles. The molecule has 7 nitrogen and oxygen atoms in total. The van der Waals surface area contributed by atoms with Gasteiger partial charge in [0.1, 0.15) is 6.17 Å². The van der Waals surface area contributed by atoms with Crippen LogP contribution < -0.4 is 30.4 Å². The van der Waals surface area contributed by atoms with Crippen LogP contribution in [0.25, 0.3) is 0 Å². The first kappa shape index (κ1) is 20.4. The van der Waals surface area contributed by atoms with E-state index in [9.17, 15) is 4.79 Å². The second kappa shape index (κ2) is 8.81. The van der Waals surface area contributed by atoms with Crippen LogP contribution in [0.2, 0.25) is 0 Å². The van der Waals surface area contributed by atoms with Crippen molar-refractivity contribution in [2.45, 2.75) is 25.0 Å². The molecule has 2 aromatic rings. The van der Waals surface area contributed by atoms with E-state index in [2.05, 4.69) is 32.1 Å². The number of benzene rings is 2. The molecule has 3 rings (SSSR count). The second-order valence-corrected chi connectivity index (χ2v) is 7.44. The van der Waals surface area contributed by atoms with Crippen LogP contribution in [0.4, 0.5) is 0 Å². The molecule has 1 saturated heterocycles. The highest BCUT2D eigenvalue weighted by molar-refractivity contribution is 9.10. The number of amides is 1. The summed E-state index contributed by atoms with van der Waals surface area (Å²) in [7, 11) is 4.74. The quantitative estimate of drug-likeness (QED) is 0.628. The predicted molar refractivity (Wildman–Crippen MR) is 110 cm³/mol. The Morgan fingerprint density at radius 2 is 1.71 bits per heavy atom. The van der Waals surface area contributed by atoms with Crippen LogP contribution in [-0.2, 0) is 0 Å². The molecule has 1 fully saturated rings. The fourth-order valence-electron chi connectivity index (χ4n) is 3.44. The van der Waals surface area contributed by atoms with Crippen molar-refractivity contribution in [3.63, 3.8) is 0 Å². The summed E-state index contributed by atoms with van der Waals surface area (Å²) in [6, 6.07) is 11.2. The summed E-state index contributed by atoms with van der Waals surface area (Å²) in [5, 5.41) is 3.06. The maximum Gasteiger partial charge on any atom is 0.252 e. The Kier molecular flexibility index (Phi) is 6.43. The summed E-state index contributed by atoms with van der Waals surface area (Å²) in [5.74, 6) is 1.48. The minimum atomic E-state index is -0.315. The molecule has 3 atom stereocenters. The molecular formula is C20H24BrN3O4. The molecule has 0 bridgehead atoms. The number of ether oxygens (including phenoxy) is 3. The van der Waals surface area contributed by atoms with Gasteiger partial charge in [-0.25, -0.2) is 5.43 Å². The Hall–Kier alpha value is -2.29. The lowest BCUT2D eigenvalue weighted by atomic mass is 9.90. The van der Waals surface area contributed by atoms with Crippen molar-refractivity contribution in [2.24, 2.45) is 0 Å². The smallest absolute Gasteiger partial charge is 0.252 e. The molecule has 1 aliphatic rings. The Balaban J connectivity index is 1.90. The third kappa shape index (κ3) is 4.09. The number of rotatable bonds is 6. The van der Waals surface area contributed by atoms with E-state index in [4.69, 9.17) is 14.2 Å². The van der Waals surface area contributed by atoms with Gasteiger partial charge in [-0.05, 0) is 42.8 Å². The molecule has 1 heterocycles. The van der Waals surface area contributed by atoms with Gasteiger partial charge in [0.15, 0.2) is 11.5 Å². The maximum atomic E-state index is 12.7. The summed E-state index contributed by atoms with van der Waals surface area (Å²) < 4.78 is 17.2. The van der Waals surface area contributed by atoms with Gasteiger partial charge in [0.2, 0.25) is 5.75 Å². The van der Waals surface area contributed by atoms with Crippen LogP contribution in [-0.4, -0.2) is 39.4 Å². The molecule has 28 heavy (non-hydrogen) atoms. The van der Waals surface area contributed by atoms with E-state index in [1.807, 2.05) is 31.2 Å². The normalized spacial score (nSPS) is 21.2. The molecule has 1 aliphatic heterocycles. The monoisotopic (exact) mass is 449 g/mol. The first-order valence-corrected chi connectivity index (χ1v) is 9.65. The molecule has 3 unspecified atom stereocenters. The minimum Gasteiger partial charge on any atom is -0.493 e. The molecule has 1 amide bonds. The van der Waals surface area contributed by atoms with Gasteiger partial charge in [0.05, 0.1) is 21.3 Å². The Labute approximate surface area is 172 Å². The fraction of sp³-hybridized carbons (Fsp3) is 0.350. The Morgan fingerprint density at radius 3 is 2.29 bits per heavy atom. The lowest BCUT2D eigenvalue weighted by Gasteiger charge is -2.24. The van der Waals surface area contributed by atoms with E-state index in [0.29, 0.717) is 22.8 Å². The summed E-state index contributed by atoms with van der Waals surface area (Å²) >= 11 is 3.40. The molecular weight excluding hydrogens is 426 g/mol. The average molecular weight is 450 g/mol. The van der Waals surface area contributed by atoms with Gasteiger partial charge >= 0.3 is 0 Å². The largest absolute Gasteiger partial charge is 0.493 e. The third-order valence-electron chi connectivity index (χ3n) is 4.81. The zero-order valence-electron chi connectivity index (χ0n) is 16.2. The number of carbonyl (C=O) groups excluding carboxylic acids is 1. The Bertz CT molecular complexity index is 836. The topological polar surface area (TPSA) is 80.9 Å². The summed E-state index contributed by atoms with van der Waals surface area (Å²) in [5.41, 5.74) is 7.91. The number of nitrogens with one attached hydrogen (secondary N) is 3. The molecule has 0 aliphatic carbocycles. The van der Waals surface area contributed by atoms with Crippen molar-refractivity contribution >= 4 is 21.8 Å². The molecule has 0 spiro atoms. The van der Waals surface area contributed by atoms with Crippen LogP contribution in [0, 0.1) is 0 Å². The summed E-state index contributed by atoms with van der Waals surface area (Å²) in [4.78, 5) is 12.7. The van der Waals surface area contributed by atoms with Gasteiger partial charge in [-0.2, -0.15) is 0 Å². The van der Waals surface area contributed by atoms with Crippen LogP contribution >= 0.6 is 15.9 Å². The molecule has 3 N–H and O–H groups in total. The average Bonchev–Trinajstić information content (AvgIpc) is 3.06. The standard InChI is InChI=1S/C20H24BrN3O4/c1-11-17(13-9-15(26-2)18(28-4)16(10-13)27-3)19(24-23-11)22-20(25)12-6-5-7-14(21)8-12/h5-11,17,19,23-24H,1-4H3,(H,22,25). The molecule has 2 aromatic carbocycles. The minimum absolute atomic E-state index is 0.0511. The number of hydrogen-bond donors (Lipinski definition) is 3. The van der Waals surface area contributed by atoms with Crippen LogP contribution in [0.15, 0.2) is 40.9 Å². The van der Waals surface area contributed by atoms with E-state index >= 15 is 0 Å². The second-order valence-electron chi connectivity index (χ2n) is 6.52. The van der Waals surface area contributed by atoms with Crippen molar-refractivity contribution in [1.29, 1.82) is 0 Å². The van der Waals surface area contributed by atoms with E-state index in [-0.39, 0.29) is 24.0 Å². The van der Waals surface area contributed by atoms with Gasteiger partial charge in [0, 0.05) is 22.0 Å². The number of carbonyl (C=O) groups is 1. The van der Waals surface area contributed by atoms with E-state index in [0.717, 1.165) is 10.0 Å². The van der Waals surface area contributed by atoms with Crippen molar-refractivity contribution in [3.8, 4) is 17.2 Å². The SMILES string of the molecule is COc1cc(C2C(C)NNC2NC(=O)c2cccc(Br)c2)cc(OC)c1OC. The van der Waals surface area contributed by atoms with Gasteiger partial charge < -0.3 is 19.5 Å². The molecule has 0 radical (unpaired) electrons. The van der Waals surface area contributed by atoms with E-state index in [1.165, 1.54) is 0 Å². The molecule has 8 heteroatoms. The highest BCUT2D eigenvalue weighted by Gasteiger charge is 2.36. The highest BCUT2D eigenvalue weighted by Crippen LogP contribution is 2.41. The fourth-order valence-corrected chi connectivity index (χ4v) is 3.84. The van der Waals surface area contributed by atoms with Gasteiger partial charge in [-0.15, -0.1) is 0 Å². The summed E-state index contributed by atoms with van der Waals surface area (Å²) in [6.07, 6.45) is -0.315. The number of hydrazine groups is 1. The first-order valence-electron chi connectivity index (χ1n) is 8.86. The molecule has 0 aromatic heterocycles. The van der Waals surface area contributed by atoms with Gasteiger partial charge in [-0.1, -0.05) is 22.0 Å². The number of hydrogen-bond acceptors (Lipinski definition) is 6. The highest BCUT2D eigenvalue weighted by atomic mass is 79.9. The first-order chi connectivity index (χ1) is 13.5. The van der Waals surface area contributed by atoms with E-state index in [1.54, 1.807) is 33.5 Å². The molecule has 150 valence electrons. The van der Waals surface area contributed by atoms with Gasteiger partial charge in [-0.3, -0.25) is 10.2 Å². The lowest BCUT2D eigenvalue weighted by molar-refractivity contribution is 0.0928. The van der Waals surface area contributed by atoms with Crippen molar-refractivity contribution in [2.75, 3.05) is 21.3 Å². The van der Waals surface area contributed by atoms with E-state index < -0.39 is 0 Å². The maximum absolute atomic E-state index is 12.7. The van der Waals surface area contributed by atoms with Crippen LogP contribution in [0.3, 0.4) is 0 Å². The third-order valence-corrected chi connectivity index (χ3v) is 5.30. The van der Waals surface area contributed by atoms with Crippen molar-refractivity contribution in [1.82, 2.24) is 16.2 Å². The van der Waals surface area contributed by atoms with Crippen molar-refractivity contribution in [3.05, 3.63) is 52.0 Å². The van der Waals surface area contributed by atoms with Gasteiger partial charge in [0.25, 0.3) is 5.91 Å². The Morgan fingerprint density at radius 1 is 1.04 bits per heavy atom. The zero-order chi connectivity index (χ0) is 20.3. The van der Waals surface area contributed by atoms with Crippen molar-refractivity contribution < 1.29 is 19.0 Å². The van der Waals surface area contributed by atoms with Crippen LogP contribution in [0.5, 0.6) is 17.2 Å². The predicted octanol–water partition coefficient (Wildman–Crippen LogP) is 2.81. The number of halogens is 1. The summed E-state index contributed by atoms with van der Waals surface area (Å²) in [6.45, 7) is 2.05. The number of methoxy groups -OCH3 is 3. The van der Waals surface area contributed by atoms with Crippen LogP contribution in [0.1, 0.15) is 28.8 Å². The zero-order valence-corrected chi connectivity index (χ0v) is 17.8.